The first kappa shape index (κ1) is 9.71. The van der Waals surface area contributed by atoms with E-state index in [-0.39, 0.29) is 5.69 Å². The highest BCUT2D eigenvalue weighted by Gasteiger charge is 2.20. The van der Waals surface area contributed by atoms with E-state index in [1.54, 1.807) is 12.4 Å². The molecule has 0 aliphatic rings. The normalized spacial score (nSPS) is 10.2. The van der Waals surface area contributed by atoms with E-state index in [2.05, 4.69) is 25.6 Å². The lowest BCUT2D eigenvalue weighted by Gasteiger charge is -1.97. The fourth-order valence-electron chi connectivity index (χ4n) is 0.998. The van der Waals surface area contributed by atoms with Gasteiger partial charge in [-0.25, -0.2) is 4.79 Å². The second kappa shape index (κ2) is 4.13. The Morgan fingerprint density at radius 1 is 1.60 bits per heavy atom. The van der Waals surface area contributed by atoms with Crippen molar-refractivity contribution in [2.75, 3.05) is 6.61 Å². The minimum Gasteiger partial charge on any atom is -0.461 e. The van der Waals surface area contributed by atoms with Crippen molar-refractivity contribution in [1.29, 1.82) is 0 Å². The summed E-state index contributed by atoms with van der Waals surface area (Å²) < 4.78 is 4.82. The average Bonchev–Trinajstić information content (AvgIpc) is 2.88. The van der Waals surface area contributed by atoms with E-state index in [1.165, 1.54) is 11.3 Å². The van der Waals surface area contributed by atoms with Crippen molar-refractivity contribution in [3.05, 3.63) is 11.2 Å². The molecule has 0 amide bonds. The Morgan fingerprint density at radius 2 is 2.47 bits per heavy atom. The molecule has 0 aliphatic heterocycles. The van der Waals surface area contributed by atoms with E-state index in [9.17, 15) is 4.79 Å². The van der Waals surface area contributed by atoms with Gasteiger partial charge in [-0.05, 0) is 6.92 Å². The predicted octanol–water partition coefficient (Wildman–Crippen LogP) is 0.500. The number of carbonyl (C=O) groups is 1. The first-order valence-corrected chi connectivity index (χ1v) is 5.05. The first-order valence-electron chi connectivity index (χ1n) is 4.17. The monoisotopic (exact) mass is 225 g/mol. The van der Waals surface area contributed by atoms with E-state index in [1.807, 2.05) is 0 Å². The van der Waals surface area contributed by atoms with Gasteiger partial charge in [0, 0.05) is 0 Å². The molecule has 0 aliphatic carbocycles. The molecule has 2 rings (SSSR count). The zero-order chi connectivity index (χ0) is 10.7. The zero-order valence-corrected chi connectivity index (χ0v) is 8.61. The molecule has 0 saturated carbocycles. The lowest BCUT2D eigenvalue weighted by atomic mass is 10.3. The topological polar surface area (TPSA) is 93.7 Å². The van der Waals surface area contributed by atoms with Gasteiger partial charge >= 0.3 is 5.97 Å². The molecule has 0 aromatic carbocycles. The molecular weight excluding hydrogens is 218 g/mol. The highest BCUT2D eigenvalue weighted by Crippen LogP contribution is 2.20. The maximum Gasteiger partial charge on any atom is 0.361 e. The fourth-order valence-corrected chi connectivity index (χ4v) is 1.54. The quantitative estimate of drug-likeness (QED) is 0.764. The number of H-pyrrole nitrogens is 1. The summed E-state index contributed by atoms with van der Waals surface area (Å²) in [5, 5.41) is 17.9. The van der Waals surface area contributed by atoms with Crippen LogP contribution in [0.25, 0.3) is 10.7 Å². The van der Waals surface area contributed by atoms with E-state index in [4.69, 9.17) is 4.74 Å². The molecule has 78 valence electrons. The molecule has 0 fully saturated rings. The minimum atomic E-state index is -0.517. The molecule has 1 N–H and O–H groups in total. The summed E-state index contributed by atoms with van der Waals surface area (Å²) in [4.78, 5) is 11.4. The van der Waals surface area contributed by atoms with Crippen LogP contribution in [0.2, 0.25) is 0 Å². The van der Waals surface area contributed by atoms with E-state index in [0.717, 1.165) is 0 Å². The summed E-state index contributed by atoms with van der Waals surface area (Å²) in [7, 11) is 0. The van der Waals surface area contributed by atoms with Crippen molar-refractivity contribution in [3.8, 4) is 10.7 Å². The number of aromatic nitrogens is 5. The maximum atomic E-state index is 11.4. The number of esters is 1. The Hall–Kier alpha value is -1.83. The van der Waals surface area contributed by atoms with Crippen molar-refractivity contribution >= 4 is 17.3 Å². The van der Waals surface area contributed by atoms with Gasteiger partial charge in [-0.2, -0.15) is 10.3 Å². The number of nitrogens with zero attached hydrogens (tertiary/aromatic N) is 4. The Morgan fingerprint density at radius 3 is 3.13 bits per heavy atom. The lowest BCUT2D eigenvalue weighted by molar-refractivity contribution is 0.0520. The van der Waals surface area contributed by atoms with Gasteiger partial charge in [0.2, 0.25) is 5.69 Å². The number of ether oxygens (including phenoxy) is 1. The molecule has 2 aromatic rings. The highest BCUT2D eigenvalue weighted by atomic mass is 32.1. The average molecular weight is 225 g/mol. The third-order valence-electron chi connectivity index (χ3n) is 1.58. The van der Waals surface area contributed by atoms with E-state index < -0.39 is 5.97 Å². The molecule has 0 radical (unpaired) electrons. The van der Waals surface area contributed by atoms with Crippen molar-refractivity contribution in [2.45, 2.75) is 6.92 Å². The van der Waals surface area contributed by atoms with Crippen molar-refractivity contribution < 1.29 is 9.53 Å². The van der Waals surface area contributed by atoms with E-state index >= 15 is 0 Å². The van der Waals surface area contributed by atoms with E-state index in [0.29, 0.717) is 17.3 Å². The molecular formula is C7H7N5O2S. The molecule has 0 bridgehead atoms. The van der Waals surface area contributed by atoms with Crippen molar-refractivity contribution in [2.24, 2.45) is 0 Å². The van der Waals surface area contributed by atoms with Crippen LogP contribution in [0, 0.1) is 0 Å². The number of rotatable bonds is 3. The number of hydrogen-bond acceptors (Lipinski definition) is 7. The van der Waals surface area contributed by atoms with Crippen LogP contribution < -0.4 is 0 Å². The van der Waals surface area contributed by atoms with Crippen molar-refractivity contribution in [3.63, 3.8) is 0 Å². The second-order valence-electron chi connectivity index (χ2n) is 2.49. The van der Waals surface area contributed by atoms with Gasteiger partial charge in [-0.1, -0.05) is 11.3 Å². The summed E-state index contributed by atoms with van der Waals surface area (Å²) in [6, 6.07) is 0. The third-order valence-corrected chi connectivity index (χ3v) is 2.28. The Kier molecular flexibility index (Phi) is 2.68. The zero-order valence-electron chi connectivity index (χ0n) is 7.80. The van der Waals surface area contributed by atoms with Gasteiger partial charge in [-0.15, -0.1) is 15.3 Å². The summed E-state index contributed by atoms with van der Waals surface area (Å²) >= 11 is 1.28. The van der Waals surface area contributed by atoms with Gasteiger partial charge in [0.05, 0.1) is 6.61 Å². The molecule has 2 aromatic heterocycles. The Labute approximate surface area is 88.5 Å². The molecule has 0 atom stereocenters. The highest BCUT2D eigenvalue weighted by molar-refractivity contribution is 7.12. The molecule has 0 unspecified atom stereocenters. The largest absolute Gasteiger partial charge is 0.461 e. The molecule has 7 nitrogen and oxygen atoms in total. The van der Waals surface area contributed by atoms with Gasteiger partial charge in [0.1, 0.15) is 5.51 Å². The first-order chi connectivity index (χ1) is 7.33. The number of aromatic amines is 1. The van der Waals surface area contributed by atoms with Crippen LogP contribution in [-0.4, -0.2) is 38.2 Å². The smallest absolute Gasteiger partial charge is 0.361 e. The van der Waals surface area contributed by atoms with Gasteiger partial charge < -0.3 is 4.74 Å². The van der Waals surface area contributed by atoms with Crippen LogP contribution in [0.15, 0.2) is 5.51 Å². The molecule has 0 spiro atoms. The Balaban J connectivity index is 2.34. The summed E-state index contributed by atoms with van der Waals surface area (Å²) in [6.45, 7) is 2.02. The van der Waals surface area contributed by atoms with Crippen LogP contribution in [0.4, 0.5) is 0 Å². The summed E-state index contributed by atoms with van der Waals surface area (Å²) in [5.74, 6) is -0.517. The second-order valence-corrected chi connectivity index (χ2v) is 3.32. The SMILES string of the molecule is CCOC(=O)c1n[nH]nc1-c1nncs1. The number of nitrogens with one attached hydrogen (secondary N) is 1. The third kappa shape index (κ3) is 1.84. The molecule has 8 heteroatoms. The van der Waals surface area contributed by atoms with Gasteiger partial charge in [0.15, 0.2) is 10.7 Å². The molecule has 2 heterocycles. The van der Waals surface area contributed by atoms with Crippen LogP contribution in [0.1, 0.15) is 17.4 Å². The number of carbonyl (C=O) groups excluding carboxylic acids is 1. The maximum absolute atomic E-state index is 11.4. The summed E-state index contributed by atoms with van der Waals surface area (Å²) in [6.07, 6.45) is 0. The fraction of sp³-hybridized carbons (Fsp3) is 0.286. The van der Waals surface area contributed by atoms with Crippen LogP contribution in [0.5, 0.6) is 0 Å². The molecule has 15 heavy (non-hydrogen) atoms. The standard InChI is InChI=1S/C7H7N5O2S/c1-2-14-7(13)5-4(9-12-10-5)6-11-8-3-15-6/h3H,2H2,1H3,(H,9,10,12). The predicted molar refractivity (Wildman–Crippen MR) is 51.2 cm³/mol. The summed E-state index contributed by atoms with van der Waals surface area (Å²) in [5.41, 5.74) is 2.06. The van der Waals surface area contributed by atoms with Crippen molar-refractivity contribution in [1.82, 2.24) is 25.6 Å². The van der Waals surface area contributed by atoms with Crippen LogP contribution >= 0.6 is 11.3 Å². The van der Waals surface area contributed by atoms with Gasteiger partial charge in [0.25, 0.3) is 0 Å². The van der Waals surface area contributed by atoms with Crippen LogP contribution in [0.3, 0.4) is 0 Å². The molecule has 0 saturated heterocycles. The van der Waals surface area contributed by atoms with Gasteiger partial charge in [-0.3, -0.25) is 0 Å². The Bertz CT molecular complexity index is 452. The minimum absolute atomic E-state index is 0.133. The lowest BCUT2D eigenvalue weighted by Crippen LogP contribution is -2.06. The van der Waals surface area contributed by atoms with Crippen LogP contribution in [-0.2, 0) is 4.74 Å². The number of hydrogen-bond donors (Lipinski definition) is 1.